The van der Waals surface area contributed by atoms with E-state index in [0.717, 1.165) is 22.9 Å². The van der Waals surface area contributed by atoms with Gasteiger partial charge in [-0.05, 0) is 28.3 Å². The maximum atomic E-state index is 4.10. The normalized spacial score (nSPS) is 15.8. The third-order valence-corrected chi connectivity index (χ3v) is 2.62. The summed E-state index contributed by atoms with van der Waals surface area (Å²) in [5.74, 6) is 1.88. The first-order chi connectivity index (χ1) is 6.34. The molecule has 0 radical (unpaired) electrons. The molecule has 1 heterocycles. The quantitative estimate of drug-likeness (QED) is 0.824. The van der Waals surface area contributed by atoms with E-state index in [9.17, 15) is 0 Å². The largest absolute Gasteiger partial charge is 0.370 e. The van der Waals surface area contributed by atoms with E-state index in [1.54, 1.807) is 6.33 Å². The average molecular weight is 242 g/mol. The molecule has 1 saturated carbocycles. The zero-order chi connectivity index (χ0) is 9.10. The summed E-state index contributed by atoms with van der Waals surface area (Å²) in [4.78, 5) is 8.07. The molecule has 1 aromatic heterocycles. The minimum absolute atomic E-state index is 0.830. The van der Waals surface area contributed by atoms with E-state index in [1.165, 1.54) is 19.3 Å². The zero-order valence-electron chi connectivity index (χ0n) is 7.33. The van der Waals surface area contributed by atoms with Crippen LogP contribution in [0.2, 0.25) is 0 Å². The van der Waals surface area contributed by atoms with Crippen LogP contribution in [0.15, 0.2) is 17.0 Å². The van der Waals surface area contributed by atoms with Gasteiger partial charge in [0.05, 0.1) is 0 Å². The average Bonchev–Trinajstić information content (AvgIpc) is 2.88. The van der Waals surface area contributed by atoms with E-state index in [2.05, 4.69) is 31.2 Å². The van der Waals surface area contributed by atoms with Crippen LogP contribution < -0.4 is 5.32 Å². The molecule has 0 saturated heterocycles. The molecule has 0 aliphatic heterocycles. The van der Waals surface area contributed by atoms with E-state index >= 15 is 0 Å². The zero-order valence-corrected chi connectivity index (χ0v) is 8.92. The van der Waals surface area contributed by atoms with Gasteiger partial charge in [0, 0.05) is 12.6 Å². The molecule has 0 aromatic carbocycles. The summed E-state index contributed by atoms with van der Waals surface area (Å²) < 4.78 is 0.830. The minimum Gasteiger partial charge on any atom is -0.370 e. The van der Waals surface area contributed by atoms with Crippen LogP contribution in [0.25, 0.3) is 0 Å². The fourth-order valence-electron chi connectivity index (χ4n) is 1.24. The summed E-state index contributed by atoms with van der Waals surface area (Å²) in [5.41, 5.74) is 0. The van der Waals surface area contributed by atoms with Gasteiger partial charge in [0.25, 0.3) is 0 Å². The van der Waals surface area contributed by atoms with Crippen molar-refractivity contribution < 1.29 is 0 Å². The SMILES string of the molecule is Brc1cc(NCCC2CC2)ncn1. The first-order valence-corrected chi connectivity index (χ1v) is 5.35. The standard InChI is InChI=1S/C9H12BrN3/c10-8-5-9(13-6-12-8)11-4-3-7-1-2-7/h5-7H,1-4H2,(H,11,12,13). The topological polar surface area (TPSA) is 37.8 Å². The molecule has 13 heavy (non-hydrogen) atoms. The van der Waals surface area contributed by atoms with Crippen LogP contribution in [0.4, 0.5) is 5.82 Å². The van der Waals surface area contributed by atoms with Crippen LogP contribution in [-0.2, 0) is 0 Å². The van der Waals surface area contributed by atoms with Crippen LogP contribution in [0.3, 0.4) is 0 Å². The van der Waals surface area contributed by atoms with Crippen molar-refractivity contribution in [3.05, 3.63) is 17.0 Å². The lowest BCUT2D eigenvalue weighted by molar-refractivity contribution is 0.758. The number of hydrogen-bond donors (Lipinski definition) is 1. The van der Waals surface area contributed by atoms with Gasteiger partial charge >= 0.3 is 0 Å². The van der Waals surface area contributed by atoms with Crippen molar-refractivity contribution in [3.8, 4) is 0 Å². The summed E-state index contributed by atoms with van der Waals surface area (Å²) >= 11 is 3.30. The molecule has 0 unspecified atom stereocenters. The van der Waals surface area contributed by atoms with E-state index in [0.29, 0.717) is 0 Å². The van der Waals surface area contributed by atoms with Gasteiger partial charge in [-0.3, -0.25) is 0 Å². The summed E-state index contributed by atoms with van der Waals surface area (Å²) in [6.07, 6.45) is 5.65. The number of nitrogens with zero attached hydrogens (tertiary/aromatic N) is 2. The second kappa shape index (κ2) is 4.05. The predicted molar refractivity (Wildman–Crippen MR) is 55.6 cm³/mol. The Bertz CT molecular complexity index is 286. The number of halogens is 1. The van der Waals surface area contributed by atoms with Crippen molar-refractivity contribution in [1.29, 1.82) is 0 Å². The highest BCUT2D eigenvalue weighted by atomic mass is 79.9. The number of nitrogens with one attached hydrogen (secondary N) is 1. The van der Waals surface area contributed by atoms with Crippen molar-refractivity contribution in [2.24, 2.45) is 5.92 Å². The maximum absolute atomic E-state index is 4.10. The molecule has 1 N–H and O–H groups in total. The van der Waals surface area contributed by atoms with E-state index < -0.39 is 0 Å². The van der Waals surface area contributed by atoms with Crippen molar-refractivity contribution in [3.63, 3.8) is 0 Å². The third kappa shape index (κ3) is 2.95. The molecule has 0 spiro atoms. The summed E-state index contributed by atoms with van der Waals surface area (Å²) in [7, 11) is 0. The second-order valence-electron chi connectivity index (χ2n) is 3.38. The lowest BCUT2D eigenvalue weighted by atomic mass is 10.3. The maximum Gasteiger partial charge on any atom is 0.130 e. The monoisotopic (exact) mass is 241 g/mol. The van der Waals surface area contributed by atoms with Crippen molar-refractivity contribution in [2.45, 2.75) is 19.3 Å². The van der Waals surface area contributed by atoms with Gasteiger partial charge in [-0.1, -0.05) is 12.8 Å². The molecule has 1 aliphatic carbocycles. The Kier molecular flexibility index (Phi) is 2.78. The Morgan fingerprint density at radius 3 is 3.00 bits per heavy atom. The Morgan fingerprint density at radius 2 is 2.31 bits per heavy atom. The van der Waals surface area contributed by atoms with Gasteiger partial charge in [0.1, 0.15) is 16.7 Å². The summed E-state index contributed by atoms with van der Waals surface area (Å²) in [6.45, 7) is 1.02. The number of hydrogen-bond acceptors (Lipinski definition) is 3. The van der Waals surface area contributed by atoms with E-state index in [4.69, 9.17) is 0 Å². The molecule has 0 bridgehead atoms. The lowest BCUT2D eigenvalue weighted by Crippen LogP contribution is -2.03. The van der Waals surface area contributed by atoms with Crippen LogP contribution >= 0.6 is 15.9 Å². The summed E-state index contributed by atoms with van der Waals surface area (Å²) in [5, 5.41) is 3.28. The molecule has 70 valence electrons. The van der Waals surface area contributed by atoms with Gasteiger partial charge in [-0.2, -0.15) is 0 Å². The Labute approximate surface area is 86.1 Å². The molecule has 1 aromatic rings. The van der Waals surface area contributed by atoms with Crippen LogP contribution in [0.5, 0.6) is 0 Å². The summed E-state index contributed by atoms with van der Waals surface area (Å²) in [6, 6.07) is 1.90. The highest BCUT2D eigenvalue weighted by Gasteiger charge is 2.20. The van der Waals surface area contributed by atoms with E-state index in [1.807, 2.05) is 6.07 Å². The Morgan fingerprint density at radius 1 is 1.46 bits per heavy atom. The molecule has 3 nitrogen and oxygen atoms in total. The molecule has 1 aliphatic rings. The number of anilines is 1. The molecule has 4 heteroatoms. The van der Waals surface area contributed by atoms with Crippen LogP contribution in [-0.4, -0.2) is 16.5 Å². The smallest absolute Gasteiger partial charge is 0.130 e. The fourth-order valence-corrected chi connectivity index (χ4v) is 1.55. The van der Waals surface area contributed by atoms with Gasteiger partial charge < -0.3 is 5.32 Å². The van der Waals surface area contributed by atoms with Crippen molar-refractivity contribution >= 4 is 21.7 Å². The van der Waals surface area contributed by atoms with Crippen molar-refractivity contribution in [1.82, 2.24) is 9.97 Å². The first kappa shape index (κ1) is 8.94. The number of rotatable bonds is 4. The highest BCUT2D eigenvalue weighted by molar-refractivity contribution is 9.10. The lowest BCUT2D eigenvalue weighted by Gasteiger charge is -2.03. The van der Waals surface area contributed by atoms with Crippen LogP contribution in [0.1, 0.15) is 19.3 Å². The van der Waals surface area contributed by atoms with Gasteiger partial charge in [-0.15, -0.1) is 0 Å². The Hall–Kier alpha value is -0.640. The molecule has 2 rings (SSSR count). The van der Waals surface area contributed by atoms with Gasteiger partial charge in [0.15, 0.2) is 0 Å². The Balaban J connectivity index is 1.79. The molecule has 1 fully saturated rings. The highest BCUT2D eigenvalue weighted by Crippen LogP contribution is 2.31. The minimum atomic E-state index is 0.830. The van der Waals surface area contributed by atoms with Crippen LogP contribution in [0, 0.1) is 5.92 Å². The molecule has 0 atom stereocenters. The number of aromatic nitrogens is 2. The predicted octanol–water partition coefficient (Wildman–Crippen LogP) is 2.45. The second-order valence-corrected chi connectivity index (χ2v) is 4.20. The first-order valence-electron chi connectivity index (χ1n) is 4.56. The fraction of sp³-hybridized carbons (Fsp3) is 0.556. The molecule has 0 amide bonds. The third-order valence-electron chi connectivity index (χ3n) is 2.19. The molecular weight excluding hydrogens is 230 g/mol. The molecular formula is C9H12BrN3. The van der Waals surface area contributed by atoms with Gasteiger partial charge in [0.2, 0.25) is 0 Å². The van der Waals surface area contributed by atoms with E-state index in [-0.39, 0.29) is 0 Å². The van der Waals surface area contributed by atoms with Gasteiger partial charge in [-0.25, -0.2) is 9.97 Å². The van der Waals surface area contributed by atoms with Crippen molar-refractivity contribution in [2.75, 3.05) is 11.9 Å².